The van der Waals surface area contributed by atoms with E-state index in [1.807, 2.05) is 0 Å². The van der Waals surface area contributed by atoms with E-state index in [9.17, 15) is 14.4 Å². The first kappa shape index (κ1) is 67.8. The van der Waals surface area contributed by atoms with Crippen LogP contribution in [0.3, 0.4) is 0 Å². The van der Waals surface area contributed by atoms with Crippen LogP contribution in [0.2, 0.25) is 0 Å². The summed E-state index contributed by atoms with van der Waals surface area (Å²) in [6.45, 7) is 6.35. The Labute approximate surface area is 443 Å². The molecule has 72 heavy (non-hydrogen) atoms. The molecule has 0 aromatic heterocycles. The van der Waals surface area contributed by atoms with Crippen molar-refractivity contribution in [3.63, 3.8) is 0 Å². The fourth-order valence-corrected chi connectivity index (χ4v) is 7.83. The molecule has 0 saturated heterocycles. The van der Waals surface area contributed by atoms with Gasteiger partial charge in [-0.2, -0.15) is 0 Å². The van der Waals surface area contributed by atoms with Crippen molar-refractivity contribution in [1.29, 1.82) is 0 Å². The predicted octanol–water partition coefficient (Wildman–Crippen LogP) is 20.0. The van der Waals surface area contributed by atoms with Crippen LogP contribution in [0.5, 0.6) is 0 Å². The third-order valence-corrected chi connectivity index (χ3v) is 12.2. The molecule has 0 amide bonds. The highest BCUT2D eigenvalue weighted by Crippen LogP contribution is 2.15. The SMILES string of the molecule is CC/C=C\C/C=C\C/C=C\C/C=C\C/C=C\CCCCCC(=O)OCC(COC(=O)CCCCCCCC/C=C\C/C=C\C/C=C\CC)OC(=O)CCCCCCCCCCCC/C=C\C=C/CCCCC. The van der Waals surface area contributed by atoms with Crippen molar-refractivity contribution >= 4 is 17.9 Å². The molecule has 6 nitrogen and oxygen atoms in total. The average molecular weight is 998 g/mol. The minimum absolute atomic E-state index is 0.0996. The number of esters is 3. The van der Waals surface area contributed by atoms with Crippen LogP contribution < -0.4 is 0 Å². The predicted molar refractivity (Wildman–Crippen MR) is 311 cm³/mol. The molecule has 0 aliphatic rings. The monoisotopic (exact) mass is 997 g/mol. The number of carbonyl (C=O) groups excluding carboxylic acids is 3. The molecule has 6 heteroatoms. The van der Waals surface area contributed by atoms with Gasteiger partial charge in [-0.3, -0.25) is 14.4 Å². The number of hydrogen-bond donors (Lipinski definition) is 0. The number of carbonyl (C=O) groups is 3. The van der Waals surface area contributed by atoms with Gasteiger partial charge in [-0.25, -0.2) is 0 Å². The summed E-state index contributed by atoms with van der Waals surface area (Å²) in [5, 5.41) is 0. The lowest BCUT2D eigenvalue weighted by molar-refractivity contribution is -0.167. The maximum Gasteiger partial charge on any atom is 0.306 e. The summed E-state index contributed by atoms with van der Waals surface area (Å²) in [4.78, 5) is 38.2. The van der Waals surface area contributed by atoms with Gasteiger partial charge in [0, 0.05) is 19.3 Å². The Morgan fingerprint density at radius 2 is 0.583 bits per heavy atom. The van der Waals surface area contributed by atoms with Crippen LogP contribution in [0.25, 0.3) is 0 Å². The zero-order chi connectivity index (χ0) is 52.2. The highest BCUT2D eigenvalue weighted by atomic mass is 16.6. The second-order valence-corrected chi connectivity index (χ2v) is 19.2. The minimum atomic E-state index is -0.804. The first-order valence-electron chi connectivity index (χ1n) is 29.6. The maximum atomic E-state index is 12.9. The van der Waals surface area contributed by atoms with E-state index in [0.29, 0.717) is 19.3 Å². The standard InChI is InChI=1S/C66H108O6/c1-4-7-10-13-16-19-22-25-28-31-33-35-38-41-44-47-50-53-56-59-65(68)71-62-63(61-70-64(67)58-55-52-49-46-43-40-37-30-27-24-21-18-15-12-9-6-3)72-66(69)60-57-54-51-48-45-42-39-36-34-32-29-26-23-20-17-14-11-8-5-2/h7,9-10,12,16-21,23,25-28,30,33,35,41,44,63H,4-6,8,11,13-15,22,24,29,31-32,34,36-40,42-43,45-62H2,1-3H3/b10-7-,12-9-,19-16-,20-17-,21-18-,26-23-,28-25-,30-27-,35-33-,44-41-. The Balaban J connectivity index is 4.48. The van der Waals surface area contributed by atoms with Crippen molar-refractivity contribution in [2.75, 3.05) is 13.2 Å². The van der Waals surface area contributed by atoms with Crippen LogP contribution in [0, 0.1) is 0 Å². The lowest BCUT2D eigenvalue weighted by atomic mass is 10.1. The van der Waals surface area contributed by atoms with E-state index in [1.165, 1.54) is 89.9 Å². The summed E-state index contributed by atoms with van der Waals surface area (Å²) in [6, 6.07) is 0. The average Bonchev–Trinajstić information content (AvgIpc) is 3.38. The lowest BCUT2D eigenvalue weighted by Gasteiger charge is -2.18. The Bertz CT molecular complexity index is 1520. The van der Waals surface area contributed by atoms with E-state index in [-0.39, 0.29) is 31.1 Å². The number of ether oxygens (including phenoxy) is 3. The Morgan fingerprint density at radius 3 is 0.944 bits per heavy atom. The molecule has 0 spiro atoms. The molecule has 0 bridgehead atoms. The zero-order valence-corrected chi connectivity index (χ0v) is 46.7. The molecule has 0 heterocycles. The van der Waals surface area contributed by atoms with Crippen LogP contribution in [0.15, 0.2) is 122 Å². The third-order valence-electron chi connectivity index (χ3n) is 12.2. The summed E-state index contributed by atoms with van der Waals surface area (Å²) in [6.07, 6.45) is 81.8. The largest absolute Gasteiger partial charge is 0.462 e. The van der Waals surface area contributed by atoms with Crippen LogP contribution in [0.4, 0.5) is 0 Å². The zero-order valence-electron chi connectivity index (χ0n) is 46.7. The van der Waals surface area contributed by atoms with Crippen LogP contribution in [0.1, 0.15) is 258 Å². The number of rotatable bonds is 52. The normalized spacial score (nSPS) is 13.0. The lowest BCUT2D eigenvalue weighted by Crippen LogP contribution is -2.30. The quantitative estimate of drug-likeness (QED) is 0.0199. The van der Waals surface area contributed by atoms with Gasteiger partial charge in [0.05, 0.1) is 0 Å². The van der Waals surface area contributed by atoms with E-state index in [4.69, 9.17) is 14.2 Å². The molecule has 0 N–H and O–H groups in total. The first-order valence-corrected chi connectivity index (χ1v) is 29.6. The van der Waals surface area contributed by atoms with Gasteiger partial charge in [-0.15, -0.1) is 0 Å². The molecule has 0 saturated carbocycles. The molecule has 1 atom stereocenters. The van der Waals surface area contributed by atoms with Crippen molar-refractivity contribution < 1.29 is 28.6 Å². The smallest absolute Gasteiger partial charge is 0.306 e. The molecule has 0 aliphatic carbocycles. The van der Waals surface area contributed by atoms with E-state index >= 15 is 0 Å². The number of hydrogen-bond acceptors (Lipinski definition) is 6. The van der Waals surface area contributed by atoms with Gasteiger partial charge in [0.1, 0.15) is 13.2 Å². The summed E-state index contributed by atoms with van der Waals surface area (Å²) in [5.74, 6) is -0.947. The van der Waals surface area contributed by atoms with E-state index in [1.54, 1.807) is 0 Å². The molecule has 0 aliphatic heterocycles. The summed E-state index contributed by atoms with van der Waals surface area (Å²) >= 11 is 0. The molecule has 408 valence electrons. The molecule has 1 unspecified atom stereocenters. The first-order chi connectivity index (χ1) is 35.5. The van der Waals surface area contributed by atoms with Crippen LogP contribution in [-0.4, -0.2) is 37.2 Å². The van der Waals surface area contributed by atoms with Crippen molar-refractivity contribution in [1.82, 2.24) is 0 Å². The topological polar surface area (TPSA) is 78.9 Å². The Morgan fingerprint density at radius 1 is 0.306 bits per heavy atom. The number of allylic oxidation sites excluding steroid dienone is 20. The second kappa shape index (κ2) is 59.4. The summed E-state index contributed by atoms with van der Waals surface area (Å²) in [5.41, 5.74) is 0. The molecule has 0 aromatic rings. The maximum absolute atomic E-state index is 12.9. The Kier molecular flexibility index (Phi) is 55.9. The van der Waals surface area contributed by atoms with Gasteiger partial charge < -0.3 is 14.2 Å². The third kappa shape index (κ3) is 56.7. The van der Waals surface area contributed by atoms with Crippen LogP contribution in [-0.2, 0) is 28.6 Å². The molecular weight excluding hydrogens is 889 g/mol. The fourth-order valence-electron chi connectivity index (χ4n) is 7.83. The van der Waals surface area contributed by atoms with E-state index in [2.05, 4.69) is 142 Å². The van der Waals surface area contributed by atoms with Crippen molar-refractivity contribution in [2.24, 2.45) is 0 Å². The fraction of sp³-hybridized carbons (Fsp3) is 0.652. The van der Waals surface area contributed by atoms with E-state index in [0.717, 1.165) is 128 Å². The van der Waals surface area contributed by atoms with E-state index < -0.39 is 6.10 Å². The van der Waals surface area contributed by atoms with Crippen molar-refractivity contribution in [2.45, 2.75) is 264 Å². The highest BCUT2D eigenvalue weighted by molar-refractivity contribution is 5.71. The van der Waals surface area contributed by atoms with Crippen molar-refractivity contribution in [3.05, 3.63) is 122 Å². The van der Waals surface area contributed by atoms with Gasteiger partial charge in [0.2, 0.25) is 0 Å². The molecule has 0 aromatic carbocycles. The van der Waals surface area contributed by atoms with Gasteiger partial charge >= 0.3 is 17.9 Å². The highest BCUT2D eigenvalue weighted by Gasteiger charge is 2.19. The second-order valence-electron chi connectivity index (χ2n) is 19.2. The van der Waals surface area contributed by atoms with Gasteiger partial charge in [0.15, 0.2) is 6.10 Å². The molecule has 0 radical (unpaired) electrons. The minimum Gasteiger partial charge on any atom is -0.462 e. The van der Waals surface area contributed by atoms with Gasteiger partial charge in [-0.1, -0.05) is 239 Å². The van der Waals surface area contributed by atoms with Crippen molar-refractivity contribution in [3.8, 4) is 0 Å². The number of unbranched alkanes of at least 4 members (excludes halogenated alkanes) is 22. The summed E-state index contributed by atoms with van der Waals surface area (Å²) in [7, 11) is 0. The molecule has 0 rings (SSSR count). The summed E-state index contributed by atoms with van der Waals surface area (Å²) < 4.78 is 16.9. The van der Waals surface area contributed by atoms with Gasteiger partial charge in [-0.05, 0) is 122 Å². The molecule has 0 fully saturated rings. The Hall–Kier alpha value is -4.19. The van der Waals surface area contributed by atoms with Crippen LogP contribution >= 0.6 is 0 Å². The molecular formula is C66H108O6. The van der Waals surface area contributed by atoms with Gasteiger partial charge in [0.25, 0.3) is 0 Å².